The summed E-state index contributed by atoms with van der Waals surface area (Å²) in [5, 5.41) is 11.1. The molecule has 1 N–H and O–H groups in total. The largest absolute Gasteiger partial charge is 1.00 e. The molecule has 0 saturated heterocycles. The van der Waals surface area contributed by atoms with E-state index < -0.39 is 0 Å². The molecular formula is C13H14KN3O. The van der Waals surface area contributed by atoms with Gasteiger partial charge in [0.1, 0.15) is 5.82 Å². The van der Waals surface area contributed by atoms with E-state index in [1.54, 1.807) is 6.07 Å². The molecule has 1 aromatic carbocycles. The van der Waals surface area contributed by atoms with Gasteiger partial charge in [0.2, 0.25) is 5.88 Å². The van der Waals surface area contributed by atoms with E-state index in [1.165, 1.54) is 5.56 Å². The molecule has 0 aliphatic carbocycles. The monoisotopic (exact) mass is 267 g/mol. The minimum Gasteiger partial charge on any atom is -0.477 e. The Morgan fingerprint density at radius 3 is 2.56 bits per heavy atom. The smallest absolute Gasteiger partial charge is 0.477 e. The van der Waals surface area contributed by atoms with E-state index in [-0.39, 0.29) is 51.4 Å². The van der Waals surface area contributed by atoms with Crippen molar-refractivity contribution in [2.75, 3.05) is 11.9 Å². The maximum absolute atomic E-state index is 5.22. The van der Waals surface area contributed by atoms with E-state index in [1.807, 2.05) is 37.3 Å². The third-order valence-corrected chi connectivity index (χ3v) is 2.19. The summed E-state index contributed by atoms with van der Waals surface area (Å²) in [6.45, 7) is 3.24. The van der Waals surface area contributed by atoms with Gasteiger partial charge in [-0.3, -0.25) is 0 Å². The second-order valence-corrected chi connectivity index (χ2v) is 3.45. The fourth-order valence-corrected chi connectivity index (χ4v) is 1.37. The van der Waals surface area contributed by atoms with Crippen LogP contribution in [0, 0.1) is 6.07 Å². The number of hydrogen-bond donors (Lipinski definition) is 1. The standard InChI is InChI=1S/C13H14N3O.K/c1-2-17-13-9-8-12(15-16-13)14-10-11-6-4-3-5-7-11;/h4-9H,2,10H2,1H3,(H,14,15);/q-1;+1. The van der Waals surface area contributed by atoms with E-state index in [4.69, 9.17) is 4.74 Å². The topological polar surface area (TPSA) is 47.0 Å². The van der Waals surface area contributed by atoms with Crippen molar-refractivity contribution in [2.45, 2.75) is 13.5 Å². The zero-order valence-corrected chi connectivity index (χ0v) is 13.8. The predicted molar refractivity (Wildman–Crippen MR) is 65.8 cm³/mol. The number of ether oxygens (including phenoxy) is 1. The number of benzene rings is 1. The van der Waals surface area contributed by atoms with Crippen molar-refractivity contribution in [3.8, 4) is 5.88 Å². The number of nitrogens with zero attached hydrogens (tertiary/aromatic N) is 2. The molecule has 0 aliphatic rings. The van der Waals surface area contributed by atoms with Gasteiger partial charge >= 0.3 is 51.4 Å². The van der Waals surface area contributed by atoms with E-state index in [0.717, 1.165) is 12.4 Å². The first-order chi connectivity index (χ1) is 8.38. The molecule has 0 radical (unpaired) electrons. The average Bonchev–Trinajstić information content (AvgIpc) is 2.40. The van der Waals surface area contributed by atoms with Gasteiger partial charge < -0.3 is 10.1 Å². The molecule has 2 rings (SSSR count). The molecule has 0 fully saturated rings. The zero-order chi connectivity index (χ0) is 11.9. The maximum atomic E-state index is 5.22. The summed E-state index contributed by atoms with van der Waals surface area (Å²) in [6.07, 6.45) is 0. The average molecular weight is 267 g/mol. The molecule has 5 heteroatoms. The van der Waals surface area contributed by atoms with Gasteiger partial charge in [0.15, 0.2) is 0 Å². The van der Waals surface area contributed by atoms with E-state index in [2.05, 4.69) is 21.6 Å². The van der Waals surface area contributed by atoms with Crippen LogP contribution in [0.3, 0.4) is 0 Å². The number of nitrogens with one attached hydrogen (secondary N) is 1. The van der Waals surface area contributed by atoms with Crippen LogP contribution in [0.4, 0.5) is 5.82 Å². The first kappa shape index (κ1) is 15.6. The third-order valence-electron chi connectivity index (χ3n) is 2.19. The summed E-state index contributed by atoms with van der Waals surface area (Å²) in [7, 11) is 0. The van der Waals surface area contributed by atoms with Crippen LogP contribution in [0.15, 0.2) is 36.4 Å². The Bertz CT molecular complexity index is 448. The molecule has 2 aromatic rings. The normalized spacial score (nSPS) is 9.39. The summed E-state index contributed by atoms with van der Waals surface area (Å²) in [5.41, 5.74) is 1.18. The second kappa shape index (κ2) is 8.61. The molecule has 0 saturated carbocycles. The number of hydrogen-bond acceptors (Lipinski definition) is 4. The van der Waals surface area contributed by atoms with E-state index >= 15 is 0 Å². The molecular weight excluding hydrogens is 253 g/mol. The van der Waals surface area contributed by atoms with Crippen LogP contribution in [0.25, 0.3) is 0 Å². The van der Waals surface area contributed by atoms with Gasteiger partial charge in [0, 0.05) is 12.6 Å². The Labute approximate surface area is 150 Å². The van der Waals surface area contributed by atoms with Crippen molar-refractivity contribution in [3.05, 3.63) is 48.0 Å². The van der Waals surface area contributed by atoms with Gasteiger partial charge in [0.05, 0.1) is 6.61 Å². The van der Waals surface area contributed by atoms with Crippen molar-refractivity contribution in [2.24, 2.45) is 0 Å². The third kappa shape index (κ3) is 5.03. The number of anilines is 1. The van der Waals surface area contributed by atoms with Crippen LogP contribution in [-0.4, -0.2) is 16.8 Å². The Kier molecular flexibility index (Phi) is 7.46. The van der Waals surface area contributed by atoms with Gasteiger partial charge in [-0.15, -0.1) is 15.8 Å². The SMILES string of the molecule is CCOc1ccc(NCc2cc[c-]cc2)nn1.[K+]. The van der Waals surface area contributed by atoms with Crippen molar-refractivity contribution >= 4 is 5.82 Å². The summed E-state index contributed by atoms with van der Waals surface area (Å²) < 4.78 is 5.22. The molecule has 1 aromatic heterocycles. The zero-order valence-electron chi connectivity index (χ0n) is 10.7. The molecule has 4 nitrogen and oxygen atoms in total. The molecule has 0 amide bonds. The maximum Gasteiger partial charge on any atom is 1.00 e. The second-order valence-electron chi connectivity index (χ2n) is 3.45. The van der Waals surface area contributed by atoms with Gasteiger partial charge in [-0.25, -0.2) is 0 Å². The van der Waals surface area contributed by atoms with Crippen molar-refractivity contribution in [3.63, 3.8) is 0 Å². The Morgan fingerprint density at radius 2 is 1.94 bits per heavy atom. The van der Waals surface area contributed by atoms with Crippen LogP contribution in [0.1, 0.15) is 12.5 Å². The molecule has 0 aliphatic heterocycles. The van der Waals surface area contributed by atoms with Gasteiger partial charge in [-0.05, 0) is 13.0 Å². The van der Waals surface area contributed by atoms with Crippen LogP contribution in [0.2, 0.25) is 0 Å². The van der Waals surface area contributed by atoms with Gasteiger partial charge in [0.25, 0.3) is 0 Å². The quantitative estimate of drug-likeness (QED) is 0.574. The van der Waals surface area contributed by atoms with E-state index in [9.17, 15) is 0 Å². The Balaban J connectivity index is 0.00000162. The van der Waals surface area contributed by atoms with Crippen LogP contribution in [-0.2, 0) is 6.54 Å². The molecule has 0 spiro atoms. The predicted octanol–water partition coefficient (Wildman–Crippen LogP) is -0.708. The van der Waals surface area contributed by atoms with E-state index in [0.29, 0.717) is 12.5 Å². The molecule has 0 unspecified atom stereocenters. The summed E-state index contributed by atoms with van der Waals surface area (Å²) >= 11 is 0. The van der Waals surface area contributed by atoms with Gasteiger partial charge in [-0.2, -0.15) is 30.3 Å². The Morgan fingerprint density at radius 1 is 1.17 bits per heavy atom. The number of rotatable bonds is 5. The first-order valence-electron chi connectivity index (χ1n) is 5.54. The van der Waals surface area contributed by atoms with Crippen LogP contribution in [0.5, 0.6) is 5.88 Å². The molecule has 1 heterocycles. The van der Waals surface area contributed by atoms with Crippen molar-refractivity contribution in [1.82, 2.24) is 10.2 Å². The van der Waals surface area contributed by atoms with Crippen molar-refractivity contribution in [1.29, 1.82) is 0 Å². The summed E-state index contributed by atoms with van der Waals surface area (Å²) in [5.74, 6) is 1.29. The molecule has 0 bridgehead atoms. The summed E-state index contributed by atoms with van der Waals surface area (Å²) in [4.78, 5) is 0. The summed E-state index contributed by atoms with van der Waals surface area (Å²) in [6, 6.07) is 14.4. The minimum atomic E-state index is 0. The first-order valence-corrected chi connectivity index (χ1v) is 5.54. The minimum absolute atomic E-state index is 0. The Hall–Kier alpha value is -0.464. The van der Waals surface area contributed by atoms with Gasteiger partial charge in [-0.1, -0.05) is 0 Å². The molecule has 18 heavy (non-hydrogen) atoms. The fourth-order valence-electron chi connectivity index (χ4n) is 1.37. The number of aromatic nitrogens is 2. The molecule has 0 atom stereocenters. The molecule has 88 valence electrons. The van der Waals surface area contributed by atoms with Crippen molar-refractivity contribution < 1.29 is 56.1 Å². The van der Waals surface area contributed by atoms with Crippen LogP contribution >= 0.6 is 0 Å². The fraction of sp³-hybridized carbons (Fsp3) is 0.231. The van der Waals surface area contributed by atoms with Crippen LogP contribution < -0.4 is 61.4 Å².